The third kappa shape index (κ3) is 2.16. The molecule has 0 fully saturated rings. The molecule has 0 aliphatic heterocycles. The molecule has 0 unspecified atom stereocenters. The smallest absolute Gasteiger partial charge is 0.240 e. The molecule has 0 saturated carbocycles. The van der Waals surface area contributed by atoms with Gasteiger partial charge in [-0.05, 0) is 12.0 Å². The van der Waals surface area contributed by atoms with Gasteiger partial charge in [0.25, 0.3) is 0 Å². The van der Waals surface area contributed by atoms with Gasteiger partial charge in [-0.15, -0.1) is 0 Å². The van der Waals surface area contributed by atoms with Gasteiger partial charge in [0, 0.05) is 5.69 Å². The highest BCUT2D eigenvalue weighted by atomic mass is 32.1. The van der Waals surface area contributed by atoms with Crippen molar-refractivity contribution >= 4 is 21.7 Å². The van der Waals surface area contributed by atoms with E-state index in [2.05, 4.69) is 9.97 Å². The summed E-state index contributed by atoms with van der Waals surface area (Å²) in [5, 5.41) is 8.69. The predicted octanol–water partition coefficient (Wildman–Crippen LogP) is 3.71. The Balaban J connectivity index is 2.80. The Hall–Kier alpha value is -1.68. The van der Waals surface area contributed by atoms with Crippen molar-refractivity contribution < 1.29 is 13.2 Å². The number of nitrogens with zero attached hydrogens (tertiary/aromatic N) is 3. The lowest BCUT2D eigenvalue weighted by molar-refractivity contribution is -0.136. The monoisotopic (exact) mass is 271 g/mol. The second kappa shape index (κ2) is 4.21. The zero-order valence-electron chi connectivity index (χ0n) is 9.54. The molecule has 0 bridgehead atoms. The normalized spacial score (nSPS) is 12.1. The summed E-state index contributed by atoms with van der Waals surface area (Å²) in [5.41, 5.74) is -0.717. The van der Waals surface area contributed by atoms with E-state index in [9.17, 15) is 13.2 Å². The summed E-state index contributed by atoms with van der Waals surface area (Å²) in [4.78, 5) is 7.95. The van der Waals surface area contributed by atoms with E-state index in [1.165, 1.54) is 0 Å². The van der Waals surface area contributed by atoms with Crippen molar-refractivity contribution in [1.29, 1.82) is 5.26 Å². The lowest BCUT2D eigenvalue weighted by Gasteiger charge is -2.10. The van der Waals surface area contributed by atoms with Gasteiger partial charge in [0.05, 0.1) is 5.56 Å². The average Bonchev–Trinajstić information content (AvgIpc) is 2.68. The van der Waals surface area contributed by atoms with Crippen LogP contribution in [0.5, 0.6) is 0 Å². The van der Waals surface area contributed by atoms with Crippen molar-refractivity contribution in [1.82, 2.24) is 9.97 Å². The summed E-state index contributed by atoms with van der Waals surface area (Å²) in [7, 11) is 0. The predicted molar refractivity (Wildman–Crippen MR) is 61.2 cm³/mol. The molecule has 2 aromatic rings. The van der Waals surface area contributed by atoms with Gasteiger partial charge in [-0.2, -0.15) is 18.4 Å². The lowest BCUT2D eigenvalue weighted by Crippen LogP contribution is -2.08. The number of thiazole rings is 1. The maximum atomic E-state index is 12.9. The van der Waals surface area contributed by atoms with E-state index < -0.39 is 11.7 Å². The van der Waals surface area contributed by atoms with Crippen molar-refractivity contribution in [3.63, 3.8) is 0 Å². The molecule has 0 N–H and O–H groups in total. The Morgan fingerprint density at radius 3 is 2.50 bits per heavy atom. The Kier molecular flexibility index (Phi) is 2.99. The molecule has 0 amide bonds. The van der Waals surface area contributed by atoms with Crippen LogP contribution in [-0.4, -0.2) is 9.97 Å². The molecule has 0 aliphatic carbocycles. The Morgan fingerprint density at radius 2 is 2.00 bits per heavy atom. The number of hydrogen-bond donors (Lipinski definition) is 0. The third-order valence-corrected chi connectivity index (χ3v) is 3.23. The summed E-state index contributed by atoms with van der Waals surface area (Å²) in [6.07, 6.45) is -4.49. The fraction of sp³-hybridized carbons (Fsp3) is 0.364. The van der Waals surface area contributed by atoms with Crippen LogP contribution in [0.2, 0.25) is 0 Å². The van der Waals surface area contributed by atoms with Gasteiger partial charge < -0.3 is 0 Å². The second-order valence-electron chi connectivity index (χ2n) is 4.03. The summed E-state index contributed by atoms with van der Waals surface area (Å²) in [6, 6.07) is 2.75. The van der Waals surface area contributed by atoms with Crippen molar-refractivity contribution in [2.45, 2.75) is 25.9 Å². The molecule has 0 saturated heterocycles. The number of rotatable bonds is 1. The van der Waals surface area contributed by atoms with E-state index in [4.69, 9.17) is 5.26 Å². The van der Waals surface area contributed by atoms with Crippen molar-refractivity contribution in [3.05, 3.63) is 22.3 Å². The number of hydrogen-bond acceptors (Lipinski definition) is 4. The molecule has 2 heterocycles. The summed E-state index contributed by atoms with van der Waals surface area (Å²) < 4.78 is 38.8. The molecule has 3 nitrogen and oxygen atoms in total. The largest absolute Gasteiger partial charge is 0.418 e. The van der Waals surface area contributed by atoms with E-state index in [-0.39, 0.29) is 21.3 Å². The molecular weight excluding hydrogens is 263 g/mol. The molecule has 0 aliphatic rings. The molecule has 94 valence electrons. The number of nitriles is 1. The van der Waals surface area contributed by atoms with Crippen LogP contribution >= 0.6 is 11.3 Å². The minimum Gasteiger partial charge on any atom is -0.240 e. The minimum atomic E-state index is -4.49. The Morgan fingerprint density at radius 1 is 1.33 bits per heavy atom. The van der Waals surface area contributed by atoms with Crippen LogP contribution in [0, 0.1) is 11.3 Å². The van der Waals surface area contributed by atoms with Crippen LogP contribution in [-0.2, 0) is 6.18 Å². The molecule has 7 heteroatoms. The van der Waals surface area contributed by atoms with Crippen LogP contribution in [0.4, 0.5) is 13.2 Å². The number of alkyl halides is 3. The summed E-state index contributed by atoms with van der Waals surface area (Å²) in [6.45, 7) is 3.53. The first-order valence-electron chi connectivity index (χ1n) is 5.11. The van der Waals surface area contributed by atoms with Crippen LogP contribution < -0.4 is 0 Å². The van der Waals surface area contributed by atoms with Gasteiger partial charge in [-0.3, -0.25) is 0 Å². The molecule has 2 rings (SSSR count). The zero-order chi connectivity index (χ0) is 13.5. The molecule has 0 radical (unpaired) electrons. The van der Waals surface area contributed by atoms with Gasteiger partial charge in [0.15, 0.2) is 5.01 Å². The quantitative estimate of drug-likeness (QED) is 0.794. The highest BCUT2D eigenvalue weighted by molar-refractivity contribution is 7.18. The molecule has 0 spiro atoms. The molecular formula is C11H8F3N3S. The minimum absolute atomic E-state index is 0.0103. The van der Waals surface area contributed by atoms with Crippen molar-refractivity contribution in [2.75, 3.05) is 0 Å². The Labute approximate surface area is 105 Å². The standard InChI is InChI=1S/C11H8F3N3S/c1-5(2)7-3-6(11(12,13)14)9-10(16-7)18-8(4-15)17-9/h3,5H,1-2H3. The molecule has 2 aromatic heterocycles. The van der Waals surface area contributed by atoms with E-state index in [0.29, 0.717) is 5.69 Å². The number of halogens is 3. The van der Waals surface area contributed by atoms with Gasteiger partial charge in [0.2, 0.25) is 0 Å². The first-order chi connectivity index (χ1) is 8.32. The van der Waals surface area contributed by atoms with Crippen molar-refractivity contribution in [2.24, 2.45) is 0 Å². The zero-order valence-corrected chi connectivity index (χ0v) is 10.4. The highest BCUT2D eigenvalue weighted by Gasteiger charge is 2.35. The van der Waals surface area contributed by atoms with Crippen LogP contribution in [0.15, 0.2) is 6.07 Å². The van der Waals surface area contributed by atoms with Gasteiger partial charge in [-0.25, -0.2) is 9.97 Å². The van der Waals surface area contributed by atoms with E-state index in [0.717, 1.165) is 17.4 Å². The third-order valence-electron chi connectivity index (χ3n) is 2.38. The fourth-order valence-electron chi connectivity index (χ4n) is 1.49. The van der Waals surface area contributed by atoms with Crippen molar-refractivity contribution in [3.8, 4) is 6.07 Å². The van der Waals surface area contributed by atoms with Gasteiger partial charge in [0.1, 0.15) is 16.4 Å². The van der Waals surface area contributed by atoms with E-state index in [1.54, 1.807) is 19.9 Å². The van der Waals surface area contributed by atoms with E-state index in [1.807, 2.05) is 0 Å². The summed E-state index contributed by atoms with van der Waals surface area (Å²) in [5.74, 6) is -0.122. The number of fused-ring (bicyclic) bond motifs is 1. The van der Waals surface area contributed by atoms with Crippen LogP contribution in [0.25, 0.3) is 10.3 Å². The first-order valence-corrected chi connectivity index (χ1v) is 5.93. The molecule has 0 aromatic carbocycles. The van der Waals surface area contributed by atoms with Gasteiger partial charge >= 0.3 is 6.18 Å². The van der Waals surface area contributed by atoms with Crippen LogP contribution in [0.3, 0.4) is 0 Å². The second-order valence-corrected chi connectivity index (χ2v) is 5.01. The SMILES string of the molecule is CC(C)c1cc(C(F)(F)F)c2nc(C#N)sc2n1. The first kappa shape index (κ1) is 12.8. The number of aromatic nitrogens is 2. The topological polar surface area (TPSA) is 49.6 Å². The fourth-order valence-corrected chi connectivity index (χ4v) is 2.26. The average molecular weight is 271 g/mol. The van der Waals surface area contributed by atoms with Crippen LogP contribution in [0.1, 0.15) is 36.0 Å². The van der Waals surface area contributed by atoms with E-state index >= 15 is 0 Å². The summed E-state index contributed by atoms with van der Waals surface area (Å²) >= 11 is 0.876. The van der Waals surface area contributed by atoms with Gasteiger partial charge in [-0.1, -0.05) is 25.2 Å². The Bertz CT molecular complexity index is 637. The lowest BCUT2D eigenvalue weighted by atomic mass is 10.1. The maximum absolute atomic E-state index is 12.9. The molecule has 18 heavy (non-hydrogen) atoms. The number of pyridine rings is 1. The maximum Gasteiger partial charge on any atom is 0.418 e. The highest BCUT2D eigenvalue weighted by Crippen LogP contribution is 2.37. The molecule has 0 atom stereocenters.